The number of allylic oxidation sites excluding steroid dienone is 2. The molecule has 2 N–H and O–H groups in total. The van der Waals surface area contributed by atoms with Gasteiger partial charge in [0.15, 0.2) is 6.10 Å². The van der Waals surface area contributed by atoms with Crippen LogP contribution in [0.25, 0.3) is 0 Å². The van der Waals surface area contributed by atoms with Crippen LogP contribution >= 0.6 is 11.6 Å². The summed E-state index contributed by atoms with van der Waals surface area (Å²) < 4.78 is 5.94. The van der Waals surface area contributed by atoms with E-state index >= 15 is 0 Å². The van der Waals surface area contributed by atoms with Gasteiger partial charge in [-0.25, -0.2) is 4.99 Å². The van der Waals surface area contributed by atoms with Gasteiger partial charge in [-0.1, -0.05) is 56.6 Å². The number of aliphatic imine (C=N–C) groups is 1. The summed E-state index contributed by atoms with van der Waals surface area (Å²) in [6.45, 7) is 13.9. The zero-order chi connectivity index (χ0) is 33.4. The number of ketones is 1. The summed E-state index contributed by atoms with van der Waals surface area (Å²) in [6, 6.07) is 21.8. The third-order valence-electron chi connectivity index (χ3n) is 8.14. The Morgan fingerprint density at radius 1 is 0.913 bits per heavy atom. The number of amides is 2. The van der Waals surface area contributed by atoms with Crippen LogP contribution in [-0.2, 0) is 15.0 Å². The monoisotopic (exact) mass is 640 g/mol. The number of ether oxygens (including phenoxy) is 1. The van der Waals surface area contributed by atoms with E-state index in [1.165, 1.54) is 12.2 Å². The fourth-order valence-electron chi connectivity index (χ4n) is 4.81. The third kappa shape index (κ3) is 8.31. The average molecular weight is 641 g/mol. The Labute approximate surface area is 276 Å². The minimum absolute atomic E-state index is 0.0385. The summed E-state index contributed by atoms with van der Waals surface area (Å²) >= 11 is 6.54. The topological polar surface area (TPSA) is 100 Å². The van der Waals surface area contributed by atoms with E-state index in [0.29, 0.717) is 27.7 Å². The van der Waals surface area contributed by atoms with E-state index in [4.69, 9.17) is 21.3 Å². The minimum Gasteiger partial charge on any atom is -0.479 e. The highest BCUT2D eigenvalue weighted by Crippen LogP contribution is 2.33. The largest absolute Gasteiger partial charge is 0.479 e. The lowest BCUT2D eigenvalue weighted by Crippen LogP contribution is -2.39. The van der Waals surface area contributed by atoms with Crippen LogP contribution < -0.4 is 20.3 Å². The molecule has 8 nitrogen and oxygen atoms in total. The molecule has 1 aliphatic rings. The molecule has 4 rings (SSSR count). The molecule has 0 bridgehead atoms. The van der Waals surface area contributed by atoms with Crippen molar-refractivity contribution in [3.8, 4) is 5.75 Å². The third-order valence-corrected chi connectivity index (χ3v) is 8.43. The van der Waals surface area contributed by atoms with Crippen molar-refractivity contribution in [3.63, 3.8) is 0 Å². The smallest absolute Gasteiger partial charge is 0.265 e. The number of benzene rings is 3. The Morgan fingerprint density at radius 2 is 1.59 bits per heavy atom. The SMILES string of the molecule is CCN(CC)c1ccc(N=C2C=C(NC(=O)c3ccccc3)C(=O)C=C2NC(=O)C(C)Oc2ccc(C(C)(C)CC)cc2Cl)cc1. The van der Waals surface area contributed by atoms with Gasteiger partial charge in [0, 0.05) is 30.4 Å². The molecule has 3 aromatic carbocycles. The van der Waals surface area contributed by atoms with E-state index in [0.717, 1.165) is 30.8 Å². The molecule has 0 saturated carbocycles. The zero-order valence-electron chi connectivity index (χ0n) is 27.2. The molecule has 2 amide bonds. The van der Waals surface area contributed by atoms with E-state index < -0.39 is 23.7 Å². The second-order valence-corrected chi connectivity index (χ2v) is 12.0. The second-order valence-electron chi connectivity index (χ2n) is 11.6. The Morgan fingerprint density at radius 3 is 2.20 bits per heavy atom. The van der Waals surface area contributed by atoms with Gasteiger partial charge >= 0.3 is 0 Å². The number of nitrogens with zero attached hydrogens (tertiary/aromatic N) is 2. The molecular formula is C37H41ClN4O4. The van der Waals surface area contributed by atoms with Crippen molar-refractivity contribution in [1.82, 2.24) is 10.6 Å². The van der Waals surface area contributed by atoms with Crippen LogP contribution in [0.5, 0.6) is 5.75 Å². The van der Waals surface area contributed by atoms with Crippen LogP contribution in [0.4, 0.5) is 11.4 Å². The number of anilines is 1. The summed E-state index contributed by atoms with van der Waals surface area (Å²) in [5.74, 6) is -1.04. The molecule has 0 fully saturated rings. The van der Waals surface area contributed by atoms with Gasteiger partial charge < -0.3 is 20.3 Å². The number of rotatable bonds is 12. The van der Waals surface area contributed by atoms with E-state index in [-0.39, 0.29) is 16.8 Å². The van der Waals surface area contributed by atoms with E-state index in [2.05, 4.69) is 50.2 Å². The zero-order valence-corrected chi connectivity index (χ0v) is 27.9. The average Bonchev–Trinajstić information content (AvgIpc) is 3.05. The predicted molar refractivity (Wildman–Crippen MR) is 185 cm³/mol. The number of halogens is 1. The fraction of sp³-hybridized carbons (Fsp3) is 0.297. The molecule has 1 aliphatic carbocycles. The first-order chi connectivity index (χ1) is 21.9. The molecule has 0 heterocycles. The molecule has 0 spiro atoms. The van der Waals surface area contributed by atoms with Gasteiger partial charge in [-0.3, -0.25) is 14.4 Å². The van der Waals surface area contributed by atoms with Crippen molar-refractivity contribution < 1.29 is 19.1 Å². The van der Waals surface area contributed by atoms with E-state index in [9.17, 15) is 14.4 Å². The second kappa shape index (κ2) is 15.1. The van der Waals surface area contributed by atoms with Crippen molar-refractivity contribution in [2.24, 2.45) is 4.99 Å². The van der Waals surface area contributed by atoms with Crippen LogP contribution in [0.2, 0.25) is 5.02 Å². The molecular weight excluding hydrogens is 600 g/mol. The van der Waals surface area contributed by atoms with Gasteiger partial charge in [-0.15, -0.1) is 0 Å². The van der Waals surface area contributed by atoms with Gasteiger partial charge in [-0.05, 0) is 92.8 Å². The lowest BCUT2D eigenvalue weighted by Gasteiger charge is -2.24. The maximum Gasteiger partial charge on any atom is 0.265 e. The molecule has 0 saturated heterocycles. The minimum atomic E-state index is -0.948. The maximum atomic E-state index is 13.4. The maximum absolute atomic E-state index is 13.4. The van der Waals surface area contributed by atoms with Gasteiger partial charge in [0.2, 0.25) is 5.78 Å². The lowest BCUT2D eigenvalue weighted by molar-refractivity contribution is -0.126. The fourth-order valence-corrected chi connectivity index (χ4v) is 5.03. The first-order valence-corrected chi connectivity index (χ1v) is 15.9. The predicted octanol–water partition coefficient (Wildman–Crippen LogP) is 7.31. The summed E-state index contributed by atoms with van der Waals surface area (Å²) in [6.07, 6.45) is 2.71. The number of hydrogen-bond acceptors (Lipinski definition) is 6. The quantitative estimate of drug-likeness (QED) is 0.202. The van der Waals surface area contributed by atoms with Gasteiger partial charge in [0.05, 0.1) is 27.8 Å². The molecule has 0 aromatic heterocycles. The highest BCUT2D eigenvalue weighted by Gasteiger charge is 2.26. The van der Waals surface area contributed by atoms with Crippen LogP contribution in [0.1, 0.15) is 63.9 Å². The molecule has 1 unspecified atom stereocenters. The highest BCUT2D eigenvalue weighted by atomic mass is 35.5. The summed E-state index contributed by atoms with van der Waals surface area (Å²) in [5, 5.41) is 5.88. The van der Waals surface area contributed by atoms with Gasteiger partial charge in [-0.2, -0.15) is 0 Å². The lowest BCUT2D eigenvalue weighted by atomic mass is 9.82. The first kappa shape index (κ1) is 34.2. The normalized spacial score (nSPS) is 14.7. The van der Waals surface area contributed by atoms with Gasteiger partial charge in [0.25, 0.3) is 11.8 Å². The van der Waals surface area contributed by atoms with Crippen LogP contribution in [-0.4, -0.2) is 42.5 Å². The molecule has 0 radical (unpaired) electrons. The van der Waals surface area contributed by atoms with Crippen molar-refractivity contribution >= 4 is 46.3 Å². The number of carbonyl (C=O) groups excluding carboxylic acids is 3. The van der Waals surface area contributed by atoms with Crippen LogP contribution in [0.3, 0.4) is 0 Å². The van der Waals surface area contributed by atoms with E-state index in [1.54, 1.807) is 43.3 Å². The molecule has 3 aromatic rings. The summed E-state index contributed by atoms with van der Waals surface area (Å²) in [7, 11) is 0. The van der Waals surface area contributed by atoms with Crippen molar-refractivity contribution in [1.29, 1.82) is 0 Å². The molecule has 0 aliphatic heterocycles. The Hall–Kier alpha value is -4.69. The van der Waals surface area contributed by atoms with Gasteiger partial charge in [0.1, 0.15) is 5.75 Å². The van der Waals surface area contributed by atoms with Crippen molar-refractivity contribution in [2.45, 2.75) is 59.5 Å². The van der Waals surface area contributed by atoms with Crippen molar-refractivity contribution in [3.05, 3.63) is 112 Å². The Bertz CT molecular complexity index is 1670. The Kier molecular flexibility index (Phi) is 11.2. The first-order valence-electron chi connectivity index (χ1n) is 15.5. The van der Waals surface area contributed by atoms with Crippen LogP contribution in [0, 0.1) is 0 Å². The number of carbonyl (C=O) groups is 3. The highest BCUT2D eigenvalue weighted by molar-refractivity contribution is 6.32. The van der Waals surface area contributed by atoms with Crippen molar-refractivity contribution in [2.75, 3.05) is 18.0 Å². The van der Waals surface area contributed by atoms with E-state index in [1.807, 2.05) is 36.4 Å². The summed E-state index contributed by atoms with van der Waals surface area (Å²) in [5.41, 5.74) is 3.60. The molecule has 240 valence electrons. The molecule has 1 atom stereocenters. The molecule has 9 heteroatoms. The number of hydrogen-bond donors (Lipinski definition) is 2. The standard InChI is InChI=1S/C37H41ClN4O4/c1-7-37(5,6)26-15-20-34(29(38)21-26)46-24(4)35(44)40-31-23-33(43)32(41-36(45)25-13-11-10-12-14-25)22-30(31)39-27-16-18-28(19-17-27)42(8-2)9-3/h10-24H,7-9H2,1-6H3,(H,40,44)(H,41,45). The number of nitrogens with one attached hydrogen (secondary N) is 2. The molecule has 46 heavy (non-hydrogen) atoms. The van der Waals surface area contributed by atoms with Crippen LogP contribution in [0.15, 0.2) is 101 Å². The summed E-state index contributed by atoms with van der Waals surface area (Å²) in [4.78, 5) is 46.3. The Balaban J connectivity index is 1.59.